The third kappa shape index (κ3) is 1.90. The Labute approximate surface area is 100 Å². The number of aromatic amines is 1. The lowest BCUT2D eigenvalue weighted by Gasteiger charge is -2.07. The Morgan fingerprint density at radius 3 is 2.44 bits per heavy atom. The highest BCUT2D eigenvalue weighted by atomic mass is 19.2. The van der Waals surface area contributed by atoms with Gasteiger partial charge in [0.05, 0.1) is 5.69 Å². The van der Waals surface area contributed by atoms with Crippen molar-refractivity contribution >= 4 is 0 Å². The first kappa shape index (κ1) is 12.3. The van der Waals surface area contributed by atoms with Crippen molar-refractivity contribution in [3.05, 3.63) is 51.3 Å². The Bertz CT molecular complexity index is 680. The summed E-state index contributed by atoms with van der Waals surface area (Å²) in [6.45, 7) is 2.95. The van der Waals surface area contributed by atoms with Crippen molar-refractivity contribution in [2.45, 2.75) is 13.8 Å². The average molecular weight is 254 g/mol. The Kier molecular flexibility index (Phi) is 2.94. The largest absolute Gasteiger partial charge is 0.311 e. The molecule has 94 valence electrons. The second-order valence-corrected chi connectivity index (χ2v) is 3.85. The minimum Gasteiger partial charge on any atom is -0.311 e. The van der Waals surface area contributed by atoms with Crippen LogP contribution in [0.3, 0.4) is 0 Å². The number of hydrogen-bond acceptors (Lipinski definition) is 2. The predicted octanol–water partition coefficient (Wildman–Crippen LogP) is 2.47. The van der Waals surface area contributed by atoms with Crippen molar-refractivity contribution in [2.75, 3.05) is 0 Å². The zero-order chi connectivity index (χ0) is 13.4. The van der Waals surface area contributed by atoms with Gasteiger partial charge in [-0.1, -0.05) is 0 Å². The summed E-state index contributed by atoms with van der Waals surface area (Å²) in [5.74, 6) is -3.94. The second-order valence-electron chi connectivity index (χ2n) is 3.85. The smallest absolute Gasteiger partial charge is 0.254 e. The summed E-state index contributed by atoms with van der Waals surface area (Å²) in [5.41, 5.74) is -0.527. The predicted molar refractivity (Wildman–Crippen MR) is 59.6 cm³/mol. The normalized spacial score (nSPS) is 10.7. The molecule has 2 aromatic rings. The van der Waals surface area contributed by atoms with E-state index in [-0.39, 0.29) is 22.6 Å². The molecule has 0 aliphatic heterocycles. The van der Waals surface area contributed by atoms with E-state index in [0.717, 1.165) is 12.1 Å². The third-order valence-corrected chi connectivity index (χ3v) is 2.56. The van der Waals surface area contributed by atoms with E-state index in [2.05, 4.69) is 9.97 Å². The van der Waals surface area contributed by atoms with Crippen LogP contribution in [0.1, 0.15) is 11.4 Å². The van der Waals surface area contributed by atoms with Gasteiger partial charge >= 0.3 is 0 Å². The molecule has 3 nitrogen and oxygen atoms in total. The Morgan fingerprint density at radius 2 is 1.78 bits per heavy atom. The molecule has 0 amide bonds. The van der Waals surface area contributed by atoms with Gasteiger partial charge < -0.3 is 4.98 Å². The maximum Gasteiger partial charge on any atom is 0.254 e. The summed E-state index contributed by atoms with van der Waals surface area (Å²) in [4.78, 5) is 17.9. The fourth-order valence-electron chi connectivity index (χ4n) is 1.62. The first-order valence-electron chi connectivity index (χ1n) is 5.13. The summed E-state index contributed by atoms with van der Waals surface area (Å²) >= 11 is 0. The molecular formula is C12H9F3N2O. The topological polar surface area (TPSA) is 45.8 Å². The highest BCUT2D eigenvalue weighted by Gasteiger charge is 2.18. The van der Waals surface area contributed by atoms with E-state index in [1.807, 2.05) is 0 Å². The molecule has 0 aliphatic rings. The molecule has 0 bridgehead atoms. The molecule has 0 fully saturated rings. The molecule has 1 heterocycles. The minimum atomic E-state index is -1.58. The SMILES string of the molecule is Cc1nc(-c2ccc(F)c(F)c2F)c(C)c(=O)[nH]1. The fourth-order valence-corrected chi connectivity index (χ4v) is 1.62. The van der Waals surface area contributed by atoms with E-state index in [9.17, 15) is 18.0 Å². The summed E-state index contributed by atoms with van der Waals surface area (Å²) < 4.78 is 39.6. The van der Waals surface area contributed by atoms with Crippen LogP contribution in [-0.4, -0.2) is 9.97 Å². The Morgan fingerprint density at radius 1 is 1.11 bits per heavy atom. The van der Waals surface area contributed by atoms with Crippen LogP contribution in [0.5, 0.6) is 0 Å². The van der Waals surface area contributed by atoms with E-state index in [1.54, 1.807) is 0 Å². The summed E-state index contributed by atoms with van der Waals surface area (Å²) in [6.07, 6.45) is 0. The summed E-state index contributed by atoms with van der Waals surface area (Å²) in [7, 11) is 0. The molecule has 0 unspecified atom stereocenters. The van der Waals surface area contributed by atoms with Crippen molar-refractivity contribution in [3.8, 4) is 11.3 Å². The van der Waals surface area contributed by atoms with Crippen LogP contribution in [0.15, 0.2) is 16.9 Å². The number of nitrogens with one attached hydrogen (secondary N) is 1. The molecule has 6 heteroatoms. The first-order valence-corrected chi connectivity index (χ1v) is 5.13. The second kappa shape index (κ2) is 4.29. The minimum absolute atomic E-state index is 0.00708. The van der Waals surface area contributed by atoms with Gasteiger partial charge in [0.25, 0.3) is 5.56 Å². The van der Waals surface area contributed by atoms with Crippen LogP contribution in [0.4, 0.5) is 13.2 Å². The lowest BCUT2D eigenvalue weighted by molar-refractivity contribution is 0.448. The molecule has 0 aliphatic carbocycles. The van der Waals surface area contributed by atoms with Crippen LogP contribution in [0.25, 0.3) is 11.3 Å². The van der Waals surface area contributed by atoms with Crippen LogP contribution in [0.2, 0.25) is 0 Å². The van der Waals surface area contributed by atoms with Crippen LogP contribution < -0.4 is 5.56 Å². The lowest BCUT2D eigenvalue weighted by Crippen LogP contribution is -2.15. The number of aromatic nitrogens is 2. The molecule has 0 atom stereocenters. The van der Waals surface area contributed by atoms with E-state index >= 15 is 0 Å². The van der Waals surface area contributed by atoms with Crippen molar-refractivity contribution in [2.24, 2.45) is 0 Å². The van der Waals surface area contributed by atoms with Gasteiger partial charge in [0.2, 0.25) is 0 Å². The number of benzene rings is 1. The van der Waals surface area contributed by atoms with Crippen molar-refractivity contribution in [3.63, 3.8) is 0 Å². The molecule has 0 saturated carbocycles. The molecule has 0 spiro atoms. The van der Waals surface area contributed by atoms with Crippen LogP contribution in [-0.2, 0) is 0 Å². The Hall–Kier alpha value is -2.11. The molecule has 0 radical (unpaired) electrons. The zero-order valence-corrected chi connectivity index (χ0v) is 9.64. The number of rotatable bonds is 1. The number of aryl methyl sites for hydroxylation is 1. The molecule has 0 saturated heterocycles. The molecule has 1 aromatic carbocycles. The number of halogens is 3. The van der Waals surface area contributed by atoms with Gasteiger partial charge in [-0.25, -0.2) is 18.2 Å². The highest BCUT2D eigenvalue weighted by Crippen LogP contribution is 2.25. The van der Waals surface area contributed by atoms with Crippen molar-refractivity contribution < 1.29 is 13.2 Å². The van der Waals surface area contributed by atoms with Gasteiger partial charge in [0.1, 0.15) is 5.82 Å². The monoisotopic (exact) mass is 254 g/mol. The van der Waals surface area contributed by atoms with Gasteiger partial charge in [-0.15, -0.1) is 0 Å². The zero-order valence-electron chi connectivity index (χ0n) is 9.64. The van der Waals surface area contributed by atoms with E-state index in [4.69, 9.17) is 0 Å². The molecular weight excluding hydrogens is 245 g/mol. The molecule has 1 N–H and O–H groups in total. The van der Waals surface area contributed by atoms with E-state index < -0.39 is 23.0 Å². The number of H-pyrrole nitrogens is 1. The van der Waals surface area contributed by atoms with E-state index in [0.29, 0.717) is 0 Å². The lowest BCUT2D eigenvalue weighted by atomic mass is 10.1. The quantitative estimate of drug-likeness (QED) is 0.794. The van der Waals surface area contributed by atoms with Gasteiger partial charge in [-0.2, -0.15) is 0 Å². The molecule has 2 rings (SSSR count). The van der Waals surface area contributed by atoms with Gasteiger partial charge in [-0.3, -0.25) is 4.79 Å². The maximum atomic E-state index is 13.6. The van der Waals surface area contributed by atoms with E-state index in [1.165, 1.54) is 13.8 Å². The number of nitrogens with zero attached hydrogens (tertiary/aromatic N) is 1. The van der Waals surface area contributed by atoms with Gasteiger partial charge in [0, 0.05) is 11.1 Å². The summed E-state index contributed by atoms with van der Waals surface area (Å²) in [5, 5.41) is 0. The number of hydrogen-bond donors (Lipinski definition) is 1. The first-order chi connectivity index (χ1) is 8.41. The van der Waals surface area contributed by atoms with Crippen LogP contribution >= 0.6 is 0 Å². The Balaban J connectivity index is 2.78. The molecule has 1 aromatic heterocycles. The standard InChI is InChI=1S/C12H9F3N2O/c1-5-11(16-6(2)17-12(5)18)7-3-4-8(13)10(15)9(7)14/h3-4H,1-2H3,(H,16,17,18). The van der Waals surface area contributed by atoms with Crippen molar-refractivity contribution in [1.29, 1.82) is 0 Å². The maximum absolute atomic E-state index is 13.6. The fraction of sp³-hybridized carbons (Fsp3) is 0.167. The van der Waals surface area contributed by atoms with Gasteiger partial charge in [0.15, 0.2) is 17.5 Å². The highest BCUT2D eigenvalue weighted by molar-refractivity contribution is 5.63. The average Bonchev–Trinajstić information content (AvgIpc) is 2.31. The van der Waals surface area contributed by atoms with Crippen molar-refractivity contribution in [1.82, 2.24) is 9.97 Å². The van der Waals surface area contributed by atoms with Gasteiger partial charge in [-0.05, 0) is 26.0 Å². The summed E-state index contributed by atoms with van der Waals surface area (Å²) in [6, 6.07) is 1.85. The van der Waals surface area contributed by atoms with Crippen LogP contribution in [0, 0.1) is 31.3 Å². The molecule has 18 heavy (non-hydrogen) atoms. The third-order valence-electron chi connectivity index (χ3n) is 2.56.